The first-order valence-corrected chi connectivity index (χ1v) is 5.20. The van der Waals surface area contributed by atoms with Crippen molar-refractivity contribution in [1.29, 1.82) is 0 Å². The second kappa shape index (κ2) is 7.84. The molecule has 1 aromatic carbocycles. The van der Waals surface area contributed by atoms with Crippen LogP contribution in [0.15, 0.2) is 43.5 Å². The van der Waals surface area contributed by atoms with Gasteiger partial charge in [0.25, 0.3) is 0 Å². The molecule has 0 saturated heterocycles. The monoisotopic (exact) mass is 246 g/mol. The molecule has 0 heterocycles. The molecule has 0 saturated carbocycles. The van der Waals surface area contributed by atoms with Gasteiger partial charge in [-0.25, -0.2) is 0 Å². The van der Waals surface area contributed by atoms with E-state index in [-0.39, 0.29) is 5.56 Å². The molecule has 0 N–H and O–H groups in total. The number of rotatable bonds is 4. The Morgan fingerprint density at radius 3 is 2.06 bits per heavy atom. The molecule has 4 nitrogen and oxygen atoms in total. The zero-order chi connectivity index (χ0) is 14.1. The molecule has 0 aromatic heterocycles. The number of carbonyl (C=O) groups excluding carboxylic acids is 2. The van der Waals surface area contributed by atoms with Crippen LogP contribution in [0.5, 0.6) is 0 Å². The van der Waals surface area contributed by atoms with Crippen LogP contribution >= 0.6 is 0 Å². The van der Waals surface area contributed by atoms with Crippen molar-refractivity contribution < 1.29 is 19.8 Å². The van der Waals surface area contributed by atoms with Crippen LogP contribution in [-0.4, -0.2) is 11.9 Å². The minimum Gasteiger partial charge on any atom is -0.550 e. The molecule has 0 spiro atoms. The maximum Gasteiger partial charge on any atom is 0.0721 e. The SMILES string of the molecule is C=CC(C)C(=O)[O-].C=Cc1ccccc1C(=O)[O-]. The fourth-order valence-corrected chi connectivity index (χ4v) is 0.957. The summed E-state index contributed by atoms with van der Waals surface area (Å²) in [4.78, 5) is 20.2. The van der Waals surface area contributed by atoms with Crippen LogP contribution < -0.4 is 10.2 Å². The Morgan fingerprint density at radius 1 is 1.22 bits per heavy atom. The van der Waals surface area contributed by atoms with Gasteiger partial charge in [0, 0.05) is 17.5 Å². The van der Waals surface area contributed by atoms with Crippen LogP contribution in [0.4, 0.5) is 0 Å². The molecule has 4 heteroatoms. The topological polar surface area (TPSA) is 80.3 Å². The summed E-state index contributed by atoms with van der Waals surface area (Å²) in [5.74, 6) is -2.77. The second-order valence-corrected chi connectivity index (χ2v) is 3.42. The van der Waals surface area contributed by atoms with Crippen LogP contribution in [0.3, 0.4) is 0 Å². The van der Waals surface area contributed by atoms with E-state index in [2.05, 4.69) is 13.2 Å². The molecule has 1 aromatic rings. The first-order chi connectivity index (χ1) is 8.43. The summed E-state index contributed by atoms with van der Waals surface area (Å²) in [6, 6.07) is 6.58. The summed E-state index contributed by atoms with van der Waals surface area (Å²) in [7, 11) is 0. The van der Waals surface area contributed by atoms with Crippen molar-refractivity contribution in [1.82, 2.24) is 0 Å². The van der Waals surface area contributed by atoms with Gasteiger partial charge in [0.05, 0.1) is 5.97 Å². The lowest BCUT2D eigenvalue weighted by atomic mass is 10.1. The molecular weight excluding hydrogens is 232 g/mol. The van der Waals surface area contributed by atoms with E-state index < -0.39 is 17.9 Å². The van der Waals surface area contributed by atoms with Gasteiger partial charge in [0.1, 0.15) is 0 Å². The van der Waals surface area contributed by atoms with Crippen molar-refractivity contribution in [3.8, 4) is 0 Å². The van der Waals surface area contributed by atoms with Crippen molar-refractivity contribution in [2.75, 3.05) is 0 Å². The van der Waals surface area contributed by atoms with Crippen molar-refractivity contribution in [3.05, 3.63) is 54.6 Å². The van der Waals surface area contributed by atoms with E-state index in [1.165, 1.54) is 25.1 Å². The predicted octanol–water partition coefficient (Wildman–Crippen LogP) is 0.252. The van der Waals surface area contributed by atoms with Gasteiger partial charge in [-0.05, 0) is 5.56 Å². The predicted molar refractivity (Wildman–Crippen MR) is 65.2 cm³/mol. The molecular formula is C14H14O4-2. The third kappa shape index (κ3) is 5.12. The van der Waals surface area contributed by atoms with Crippen molar-refractivity contribution >= 4 is 18.0 Å². The number of benzene rings is 1. The summed E-state index contributed by atoms with van der Waals surface area (Å²) in [5, 5.41) is 20.2. The highest BCUT2D eigenvalue weighted by Crippen LogP contribution is 2.07. The van der Waals surface area contributed by atoms with Gasteiger partial charge in [-0.1, -0.05) is 49.9 Å². The number of hydrogen-bond acceptors (Lipinski definition) is 4. The van der Waals surface area contributed by atoms with E-state index in [0.717, 1.165) is 0 Å². The highest BCUT2D eigenvalue weighted by atomic mass is 16.4. The normalized spacial score (nSPS) is 10.5. The van der Waals surface area contributed by atoms with Crippen molar-refractivity contribution in [2.24, 2.45) is 5.92 Å². The Bertz CT molecular complexity index is 449. The summed E-state index contributed by atoms with van der Waals surface area (Å²) < 4.78 is 0. The molecule has 1 unspecified atom stereocenters. The molecule has 0 radical (unpaired) electrons. The van der Waals surface area contributed by atoms with Crippen molar-refractivity contribution in [2.45, 2.75) is 6.92 Å². The largest absolute Gasteiger partial charge is 0.550 e. The van der Waals surface area contributed by atoms with Crippen LogP contribution in [0.2, 0.25) is 0 Å². The Hall–Kier alpha value is -2.36. The molecule has 0 aliphatic heterocycles. The Balaban J connectivity index is 0.000000360. The van der Waals surface area contributed by atoms with Crippen LogP contribution in [-0.2, 0) is 4.79 Å². The summed E-state index contributed by atoms with van der Waals surface area (Å²) in [5.41, 5.74) is 0.773. The second-order valence-electron chi connectivity index (χ2n) is 3.42. The van der Waals surface area contributed by atoms with Crippen LogP contribution in [0, 0.1) is 5.92 Å². The highest BCUT2D eigenvalue weighted by Gasteiger charge is 1.96. The van der Waals surface area contributed by atoms with Gasteiger partial charge >= 0.3 is 0 Å². The molecule has 1 rings (SSSR count). The molecule has 0 fully saturated rings. The van der Waals surface area contributed by atoms with E-state index in [9.17, 15) is 19.8 Å². The van der Waals surface area contributed by atoms with Gasteiger partial charge < -0.3 is 19.8 Å². The summed E-state index contributed by atoms with van der Waals surface area (Å²) >= 11 is 0. The minimum atomic E-state index is -1.17. The van der Waals surface area contributed by atoms with Crippen LogP contribution in [0.25, 0.3) is 6.08 Å². The van der Waals surface area contributed by atoms with Gasteiger partial charge in [-0.2, -0.15) is 0 Å². The van der Waals surface area contributed by atoms with E-state index in [0.29, 0.717) is 5.56 Å². The molecule has 0 bridgehead atoms. The molecule has 0 aliphatic carbocycles. The van der Waals surface area contributed by atoms with Gasteiger partial charge in [0.2, 0.25) is 0 Å². The maximum atomic E-state index is 10.4. The lowest BCUT2D eigenvalue weighted by molar-refractivity contribution is -0.309. The highest BCUT2D eigenvalue weighted by molar-refractivity contribution is 5.90. The molecule has 0 aliphatic rings. The van der Waals surface area contributed by atoms with Gasteiger partial charge in [-0.3, -0.25) is 0 Å². The minimum absolute atomic E-state index is 0.183. The van der Waals surface area contributed by atoms with E-state index in [4.69, 9.17) is 0 Å². The molecule has 18 heavy (non-hydrogen) atoms. The molecule has 1 atom stereocenters. The van der Waals surface area contributed by atoms with E-state index >= 15 is 0 Å². The quantitative estimate of drug-likeness (QED) is 0.713. The summed E-state index contributed by atoms with van der Waals surface area (Å²) in [6.45, 7) is 8.26. The third-order valence-electron chi connectivity index (χ3n) is 2.13. The number of carboxylic acid groups (broad SMARTS) is 2. The van der Waals surface area contributed by atoms with Gasteiger partial charge in [-0.15, -0.1) is 6.58 Å². The van der Waals surface area contributed by atoms with Crippen LogP contribution in [0.1, 0.15) is 22.8 Å². The average Bonchev–Trinajstić information content (AvgIpc) is 2.38. The number of aliphatic carboxylic acids is 1. The lowest BCUT2D eigenvalue weighted by Gasteiger charge is -2.04. The van der Waals surface area contributed by atoms with E-state index in [1.54, 1.807) is 18.2 Å². The first kappa shape index (κ1) is 15.6. The fourth-order valence-electron chi connectivity index (χ4n) is 0.957. The third-order valence-corrected chi connectivity index (χ3v) is 2.13. The Labute approximate surface area is 106 Å². The zero-order valence-electron chi connectivity index (χ0n) is 10.1. The fraction of sp³-hybridized carbons (Fsp3) is 0.143. The molecule has 96 valence electrons. The summed E-state index contributed by atoms with van der Waals surface area (Å²) in [6.07, 6.45) is 2.82. The molecule has 0 amide bonds. The standard InChI is InChI=1S/C9H8O2.C5H8O2/c1-2-7-5-3-4-6-8(7)9(10)11;1-3-4(2)5(6)7/h2-6H,1H2,(H,10,11);3-4H,1H2,2H3,(H,6,7)/p-2. The van der Waals surface area contributed by atoms with Crippen molar-refractivity contribution in [3.63, 3.8) is 0 Å². The smallest absolute Gasteiger partial charge is 0.0721 e. The van der Waals surface area contributed by atoms with Gasteiger partial charge in [0.15, 0.2) is 0 Å². The Kier molecular flexibility index (Phi) is 6.81. The maximum absolute atomic E-state index is 10.4. The average molecular weight is 246 g/mol. The number of carboxylic acids is 2. The Morgan fingerprint density at radius 2 is 1.78 bits per heavy atom. The number of aromatic carboxylic acids is 1. The van der Waals surface area contributed by atoms with E-state index in [1.807, 2.05) is 0 Å². The zero-order valence-corrected chi connectivity index (χ0v) is 10.1. The number of carbonyl (C=O) groups is 2. The number of hydrogen-bond donors (Lipinski definition) is 0. The first-order valence-electron chi connectivity index (χ1n) is 5.20. The lowest BCUT2D eigenvalue weighted by Crippen LogP contribution is -2.27.